The standard InChI is InChI=1S/C6H8O7.Ag.BrH/c7-3(8)1-6(13,5(11)12)2-4(9)10;;/h13H,1-2H2,(H,7,8)(H,9,10)(H,11,12);;1H/q;+1;/p-1. The van der Waals surface area contributed by atoms with Gasteiger partial charge in [-0.25, -0.2) is 4.79 Å². The zero-order valence-corrected chi connectivity index (χ0v) is 10.2. The zero-order valence-electron chi connectivity index (χ0n) is 7.11. The molecule has 15 heavy (non-hydrogen) atoms. The van der Waals surface area contributed by atoms with E-state index in [-0.39, 0.29) is 0 Å². The van der Waals surface area contributed by atoms with Gasteiger partial charge in [0.25, 0.3) is 0 Å². The second kappa shape index (κ2) is 7.83. The molecule has 4 N–H and O–H groups in total. The summed E-state index contributed by atoms with van der Waals surface area (Å²) in [5.41, 5.74) is -2.74. The molecule has 0 unspecified atom stereocenters. The van der Waals surface area contributed by atoms with Gasteiger partial charge in [0, 0.05) is 0 Å². The predicted molar refractivity (Wildman–Crippen MR) is 46.0 cm³/mol. The summed E-state index contributed by atoms with van der Waals surface area (Å²) in [7, 11) is 0. The van der Waals surface area contributed by atoms with Crippen LogP contribution in [0.4, 0.5) is 0 Å². The van der Waals surface area contributed by atoms with Crippen molar-refractivity contribution in [1.82, 2.24) is 0 Å². The van der Waals surface area contributed by atoms with Crippen molar-refractivity contribution in [1.29, 1.82) is 0 Å². The number of halogens is 1. The van der Waals surface area contributed by atoms with Gasteiger partial charge in [-0.2, -0.15) is 0 Å². The van der Waals surface area contributed by atoms with E-state index >= 15 is 0 Å². The summed E-state index contributed by atoms with van der Waals surface area (Å²) >= 11 is 5.51. The first kappa shape index (κ1) is 17.0. The van der Waals surface area contributed by atoms with Gasteiger partial charge in [0.2, 0.25) is 0 Å². The number of rotatable bonds is 5. The minimum atomic E-state index is -2.74. The van der Waals surface area contributed by atoms with Crippen molar-refractivity contribution in [3.05, 3.63) is 0 Å². The van der Waals surface area contributed by atoms with E-state index in [1.54, 1.807) is 0 Å². The molecule has 7 nitrogen and oxygen atoms in total. The summed E-state index contributed by atoms with van der Waals surface area (Å²) in [5, 5.41) is 33.8. The van der Waals surface area contributed by atoms with E-state index in [1.165, 1.54) is 0 Å². The van der Waals surface area contributed by atoms with Crippen molar-refractivity contribution in [2.75, 3.05) is 0 Å². The zero-order chi connectivity index (χ0) is 12.6. The predicted octanol–water partition coefficient (Wildman–Crippen LogP) is -0.405. The van der Waals surface area contributed by atoms with Crippen molar-refractivity contribution in [3.8, 4) is 0 Å². The van der Waals surface area contributed by atoms with Crippen LogP contribution in [-0.2, 0) is 33.3 Å². The Labute approximate surface area is 103 Å². The summed E-state index contributed by atoms with van der Waals surface area (Å²) in [6, 6.07) is 0. The molecule has 0 saturated heterocycles. The molecule has 0 fully saturated rings. The monoisotopic (exact) mass is 378 g/mol. The summed E-state index contributed by atoms with van der Waals surface area (Å²) in [4.78, 5) is 30.5. The first-order valence-corrected chi connectivity index (χ1v) is 6.67. The topological polar surface area (TPSA) is 132 Å². The Morgan fingerprint density at radius 2 is 1.27 bits per heavy atom. The van der Waals surface area contributed by atoms with Crippen LogP contribution in [0.25, 0.3) is 0 Å². The third kappa shape index (κ3) is 7.51. The molecule has 0 radical (unpaired) electrons. The first-order valence-electron chi connectivity index (χ1n) is 3.28. The maximum atomic E-state index is 10.3. The van der Waals surface area contributed by atoms with Gasteiger partial charge in [0.15, 0.2) is 5.60 Å². The van der Waals surface area contributed by atoms with Gasteiger partial charge in [-0.15, -0.1) is 0 Å². The molecule has 9 heteroatoms. The average molecular weight is 380 g/mol. The number of hydrogen-bond acceptors (Lipinski definition) is 4. The molecular formula is C6H8AgBrO7. The number of carboxylic acid groups (broad SMARTS) is 3. The van der Waals surface area contributed by atoms with E-state index < -0.39 is 36.4 Å². The Morgan fingerprint density at radius 1 is 1.00 bits per heavy atom. The van der Waals surface area contributed by atoms with Crippen molar-refractivity contribution < 1.29 is 53.7 Å². The van der Waals surface area contributed by atoms with Crippen LogP contribution in [0.15, 0.2) is 0 Å². The van der Waals surface area contributed by atoms with Gasteiger partial charge in [0.05, 0.1) is 12.8 Å². The van der Waals surface area contributed by atoms with E-state index in [4.69, 9.17) is 20.4 Å². The summed E-state index contributed by atoms with van der Waals surface area (Å²) < 4.78 is 0. The molecule has 0 rings (SSSR count). The molecule has 0 aromatic rings. The fourth-order valence-corrected chi connectivity index (χ4v) is 0.714. The van der Waals surface area contributed by atoms with E-state index in [0.29, 0.717) is 0 Å². The number of aliphatic hydroxyl groups is 1. The minimum absolute atomic E-state index is 1.14. The third-order valence-corrected chi connectivity index (χ3v) is 1.29. The summed E-state index contributed by atoms with van der Waals surface area (Å²) in [6.07, 6.45) is -2.29. The fourth-order valence-electron chi connectivity index (χ4n) is 0.714. The molecule has 0 heterocycles. The first-order chi connectivity index (χ1) is 6.78. The van der Waals surface area contributed by atoms with Crippen LogP contribution in [0, 0.1) is 0 Å². The molecular weight excluding hydrogens is 372 g/mol. The normalized spacial score (nSPS) is 9.87. The number of aliphatic carboxylic acids is 3. The number of carbonyl (C=O) groups is 3. The Bertz CT molecular complexity index is 238. The molecule has 0 atom stereocenters. The van der Waals surface area contributed by atoms with E-state index in [9.17, 15) is 14.4 Å². The number of hydrogen-bond donors (Lipinski definition) is 4. The average Bonchev–Trinajstić information content (AvgIpc) is 2.04. The molecule has 0 amide bonds. The number of carboxylic acids is 3. The Hall–Kier alpha value is -0.410. The van der Waals surface area contributed by atoms with Crippen LogP contribution in [0.2, 0.25) is 0 Å². The quantitative estimate of drug-likeness (QED) is 0.477. The maximum absolute atomic E-state index is 10.3. The summed E-state index contributed by atoms with van der Waals surface area (Å²) in [6.45, 7) is 0. The second-order valence-electron chi connectivity index (χ2n) is 2.48. The Balaban J connectivity index is 0. The second-order valence-corrected chi connectivity index (χ2v) is 2.48. The summed E-state index contributed by atoms with van der Waals surface area (Å²) in [5.74, 6) is -5.02. The third-order valence-electron chi connectivity index (χ3n) is 1.29. The van der Waals surface area contributed by atoms with Crippen LogP contribution in [0.5, 0.6) is 0 Å². The SMILES string of the molecule is O=C(O)CC(O)(CC(=O)O)C(=O)O.[Br][Ag]. The van der Waals surface area contributed by atoms with Crippen LogP contribution in [0.3, 0.4) is 0 Å². The molecule has 0 spiro atoms. The molecule has 0 aliphatic rings. The Morgan fingerprint density at radius 3 is 1.40 bits per heavy atom. The van der Waals surface area contributed by atoms with Gasteiger partial charge in [-0.3, -0.25) is 9.59 Å². The molecule has 0 aromatic heterocycles. The van der Waals surface area contributed by atoms with Crippen molar-refractivity contribution >= 4 is 30.9 Å². The molecule has 92 valence electrons. The Kier molecular flexibility index (Phi) is 8.87. The van der Waals surface area contributed by atoms with Gasteiger partial charge in [-0.05, 0) is 0 Å². The van der Waals surface area contributed by atoms with Gasteiger partial charge in [0.1, 0.15) is 0 Å². The van der Waals surface area contributed by atoms with Crippen LogP contribution in [0.1, 0.15) is 12.8 Å². The van der Waals surface area contributed by atoms with Crippen molar-refractivity contribution in [2.24, 2.45) is 0 Å². The van der Waals surface area contributed by atoms with Crippen LogP contribution < -0.4 is 0 Å². The van der Waals surface area contributed by atoms with Gasteiger partial charge >= 0.3 is 49.9 Å². The van der Waals surface area contributed by atoms with Crippen molar-refractivity contribution in [2.45, 2.75) is 18.4 Å². The van der Waals surface area contributed by atoms with Crippen LogP contribution in [-0.4, -0.2) is 43.9 Å². The molecule has 0 bridgehead atoms. The van der Waals surface area contributed by atoms with Gasteiger partial charge < -0.3 is 20.4 Å². The van der Waals surface area contributed by atoms with E-state index in [1.807, 2.05) is 0 Å². The van der Waals surface area contributed by atoms with Crippen molar-refractivity contribution in [3.63, 3.8) is 0 Å². The van der Waals surface area contributed by atoms with E-state index in [2.05, 4.69) is 32.0 Å². The van der Waals surface area contributed by atoms with E-state index in [0.717, 1.165) is 0 Å². The molecule has 0 aliphatic heterocycles. The van der Waals surface area contributed by atoms with Crippen LogP contribution >= 0.6 is 13.0 Å². The molecule has 0 aromatic carbocycles. The molecule has 0 saturated carbocycles. The molecule has 0 aliphatic carbocycles. The fraction of sp³-hybridized carbons (Fsp3) is 0.500. The van der Waals surface area contributed by atoms with Gasteiger partial charge in [-0.1, -0.05) is 0 Å².